The number of nitriles is 1. The first-order valence-corrected chi connectivity index (χ1v) is 13.4. The van der Waals surface area contributed by atoms with Crippen LogP contribution in [0.5, 0.6) is 0 Å². The van der Waals surface area contributed by atoms with Crippen molar-refractivity contribution in [1.29, 1.82) is 5.26 Å². The van der Waals surface area contributed by atoms with Crippen molar-refractivity contribution in [2.24, 2.45) is 5.92 Å². The molecule has 3 heterocycles. The van der Waals surface area contributed by atoms with Crippen molar-refractivity contribution < 1.29 is 18.0 Å². The number of rotatable bonds is 6. The smallest absolute Gasteiger partial charge is 0.261 e. The van der Waals surface area contributed by atoms with Crippen molar-refractivity contribution in [3.05, 3.63) is 77.0 Å². The summed E-state index contributed by atoms with van der Waals surface area (Å²) in [5, 5.41) is 13.6. The van der Waals surface area contributed by atoms with Crippen LogP contribution in [0.4, 0.5) is 0 Å². The topological polar surface area (TPSA) is 132 Å². The number of nitrogens with one attached hydrogen (secondary N) is 2. The fourth-order valence-corrected chi connectivity index (χ4v) is 6.68. The monoisotopic (exact) mass is 503 g/mol. The highest BCUT2D eigenvalue weighted by Crippen LogP contribution is 2.37. The number of fused-ring (bicyclic) bond motifs is 2. The molecule has 2 aliphatic rings. The van der Waals surface area contributed by atoms with E-state index in [1.165, 1.54) is 0 Å². The van der Waals surface area contributed by atoms with Crippen LogP contribution in [0.1, 0.15) is 45.2 Å². The van der Waals surface area contributed by atoms with Gasteiger partial charge in [-0.05, 0) is 48.7 Å². The maximum atomic E-state index is 13.4. The second-order valence-corrected chi connectivity index (χ2v) is 11.3. The first-order chi connectivity index (χ1) is 17.2. The van der Waals surface area contributed by atoms with Gasteiger partial charge in [-0.1, -0.05) is 31.2 Å². The van der Waals surface area contributed by atoms with E-state index in [9.17, 15) is 23.3 Å². The van der Waals surface area contributed by atoms with Gasteiger partial charge in [0, 0.05) is 24.7 Å². The fourth-order valence-electron chi connectivity index (χ4n) is 5.29. The van der Waals surface area contributed by atoms with Gasteiger partial charge < -0.3 is 5.32 Å². The molecule has 0 spiro atoms. The molecule has 2 atom stereocenters. The molecule has 3 aromatic rings. The molecular formula is C26H25N5O4S. The largest absolute Gasteiger partial charge is 0.314 e. The number of hydrogen-bond acceptors (Lipinski definition) is 7. The molecule has 2 aromatic carbocycles. The maximum Gasteiger partial charge on any atom is 0.261 e. The van der Waals surface area contributed by atoms with Crippen LogP contribution in [-0.2, 0) is 15.6 Å². The Kier molecular flexibility index (Phi) is 6.08. The molecule has 9 nitrogen and oxygen atoms in total. The predicted octanol–water partition coefficient (Wildman–Crippen LogP) is 2.15. The number of imide groups is 1. The van der Waals surface area contributed by atoms with Crippen LogP contribution in [0.25, 0.3) is 10.9 Å². The molecule has 0 unspecified atom stereocenters. The minimum Gasteiger partial charge on any atom is -0.314 e. The van der Waals surface area contributed by atoms with Crippen LogP contribution in [0.15, 0.2) is 54.7 Å². The molecule has 1 saturated heterocycles. The van der Waals surface area contributed by atoms with Gasteiger partial charge in [0.25, 0.3) is 11.8 Å². The Balaban J connectivity index is 1.46. The van der Waals surface area contributed by atoms with E-state index >= 15 is 0 Å². The molecule has 184 valence electrons. The zero-order valence-corrected chi connectivity index (χ0v) is 20.5. The summed E-state index contributed by atoms with van der Waals surface area (Å²) in [5.74, 6) is -1.24. The number of nitrogens with zero attached hydrogens (tertiary/aromatic N) is 3. The lowest BCUT2D eigenvalue weighted by Gasteiger charge is -2.42. The lowest BCUT2D eigenvalue weighted by molar-refractivity contribution is 0.0664. The van der Waals surface area contributed by atoms with Gasteiger partial charge in [0.05, 0.1) is 33.5 Å². The van der Waals surface area contributed by atoms with Crippen LogP contribution in [-0.4, -0.2) is 55.5 Å². The van der Waals surface area contributed by atoms with E-state index in [0.29, 0.717) is 29.4 Å². The second-order valence-electron chi connectivity index (χ2n) is 9.42. The zero-order chi connectivity index (χ0) is 25.5. The lowest BCUT2D eigenvalue weighted by atomic mass is 9.78. The van der Waals surface area contributed by atoms with Crippen molar-refractivity contribution in [3.8, 4) is 6.07 Å². The Hall–Kier alpha value is -3.65. The number of aromatic nitrogens is 1. The van der Waals surface area contributed by atoms with Gasteiger partial charge in [-0.2, -0.15) is 5.26 Å². The number of carbonyl (C=O) groups is 2. The highest BCUT2D eigenvalue weighted by atomic mass is 32.2. The van der Waals surface area contributed by atoms with Gasteiger partial charge in [0.15, 0.2) is 0 Å². The van der Waals surface area contributed by atoms with E-state index in [0.717, 1.165) is 17.0 Å². The fraction of sp³-hybridized carbons (Fsp3) is 0.308. The number of sulfonamides is 1. The van der Waals surface area contributed by atoms with Gasteiger partial charge in [0.1, 0.15) is 6.07 Å². The molecule has 0 aliphatic carbocycles. The zero-order valence-electron chi connectivity index (χ0n) is 19.7. The summed E-state index contributed by atoms with van der Waals surface area (Å²) in [5.41, 5.74) is 1.23. The number of carbonyl (C=O) groups excluding carboxylic acids is 2. The molecule has 10 heteroatoms. The number of hydrogen-bond donors (Lipinski definition) is 2. The Morgan fingerprint density at radius 1 is 1.14 bits per heavy atom. The van der Waals surface area contributed by atoms with Crippen molar-refractivity contribution in [2.75, 3.05) is 25.4 Å². The summed E-state index contributed by atoms with van der Waals surface area (Å²) in [6.07, 6.45) is 2.13. The third-order valence-corrected chi connectivity index (χ3v) is 8.26. The minimum absolute atomic E-state index is 0.167. The Morgan fingerprint density at radius 3 is 2.53 bits per heavy atom. The molecule has 0 bridgehead atoms. The van der Waals surface area contributed by atoms with Gasteiger partial charge in [0.2, 0.25) is 10.0 Å². The van der Waals surface area contributed by atoms with Crippen LogP contribution < -0.4 is 10.0 Å². The normalized spacial score (nSPS) is 22.0. The molecule has 5 rings (SSSR count). The molecule has 2 aliphatic heterocycles. The van der Waals surface area contributed by atoms with Crippen LogP contribution >= 0.6 is 0 Å². The van der Waals surface area contributed by atoms with Crippen molar-refractivity contribution in [3.63, 3.8) is 0 Å². The Bertz CT molecular complexity index is 1500. The summed E-state index contributed by atoms with van der Waals surface area (Å²) in [7, 11) is -3.94. The number of benzene rings is 2. The second kappa shape index (κ2) is 9.09. The summed E-state index contributed by atoms with van der Waals surface area (Å²) in [6.45, 7) is 2.87. The van der Waals surface area contributed by atoms with Crippen molar-refractivity contribution in [1.82, 2.24) is 19.9 Å². The molecule has 2 N–H and O–H groups in total. The Labute approximate surface area is 209 Å². The van der Waals surface area contributed by atoms with Crippen LogP contribution in [0.3, 0.4) is 0 Å². The predicted molar refractivity (Wildman–Crippen MR) is 134 cm³/mol. The minimum atomic E-state index is -3.94. The molecule has 1 fully saturated rings. The van der Waals surface area contributed by atoms with E-state index in [1.54, 1.807) is 48.7 Å². The number of pyridine rings is 1. The van der Waals surface area contributed by atoms with Gasteiger partial charge in [-0.25, -0.2) is 13.1 Å². The maximum absolute atomic E-state index is 13.4. The summed E-state index contributed by atoms with van der Waals surface area (Å²) >= 11 is 0. The third-order valence-electron chi connectivity index (χ3n) is 6.83. The van der Waals surface area contributed by atoms with E-state index in [1.807, 2.05) is 13.0 Å². The Morgan fingerprint density at radius 2 is 1.86 bits per heavy atom. The standard InChI is InChI=1S/C26H25N5O4S/c1-17-13-26(16-28-15-17,22-9-8-18(14-27)23-21(22)7-4-10-29-23)30-36(34,35)12-11-31-24(32)19-5-2-3-6-20(19)25(31)33/h2-10,17,28,30H,11-13,15-16H2,1H3/t17-,26-/m0/s1. The highest BCUT2D eigenvalue weighted by molar-refractivity contribution is 7.89. The third kappa shape index (κ3) is 4.15. The van der Waals surface area contributed by atoms with E-state index < -0.39 is 33.1 Å². The summed E-state index contributed by atoms with van der Waals surface area (Å²) in [6, 6.07) is 15.7. The van der Waals surface area contributed by atoms with E-state index in [-0.39, 0.29) is 23.6 Å². The quantitative estimate of drug-likeness (QED) is 0.493. The highest BCUT2D eigenvalue weighted by Gasteiger charge is 2.42. The first-order valence-electron chi connectivity index (χ1n) is 11.7. The van der Waals surface area contributed by atoms with Crippen LogP contribution in [0, 0.1) is 17.2 Å². The molecule has 2 amide bonds. The van der Waals surface area contributed by atoms with E-state index in [4.69, 9.17) is 0 Å². The van der Waals surface area contributed by atoms with Crippen molar-refractivity contribution >= 4 is 32.7 Å². The average Bonchev–Trinajstić information content (AvgIpc) is 3.11. The molecule has 0 saturated carbocycles. The lowest BCUT2D eigenvalue weighted by Crippen LogP contribution is -2.58. The van der Waals surface area contributed by atoms with Gasteiger partial charge in [-0.3, -0.25) is 19.5 Å². The summed E-state index contributed by atoms with van der Waals surface area (Å²) < 4.78 is 29.8. The molecular weight excluding hydrogens is 478 g/mol. The van der Waals surface area contributed by atoms with E-state index in [2.05, 4.69) is 21.1 Å². The first kappa shape index (κ1) is 24.1. The summed E-state index contributed by atoms with van der Waals surface area (Å²) in [4.78, 5) is 30.8. The molecule has 1 aromatic heterocycles. The average molecular weight is 504 g/mol. The van der Waals surface area contributed by atoms with Gasteiger partial charge in [-0.15, -0.1) is 0 Å². The van der Waals surface area contributed by atoms with Crippen LogP contribution in [0.2, 0.25) is 0 Å². The number of amides is 2. The molecule has 36 heavy (non-hydrogen) atoms. The number of piperidine rings is 1. The van der Waals surface area contributed by atoms with Crippen molar-refractivity contribution in [2.45, 2.75) is 18.9 Å². The molecule has 0 radical (unpaired) electrons. The SMILES string of the molecule is C[C@@H]1CNC[C@](NS(=O)(=O)CCN2C(=O)c3ccccc3C2=O)(c2ccc(C#N)c3ncccc23)C1. The van der Waals surface area contributed by atoms with Gasteiger partial charge >= 0.3 is 0 Å².